The van der Waals surface area contributed by atoms with Crippen molar-refractivity contribution in [2.75, 3.05) is 18.5 Å². The van der Waals surface area contributed by atoms with Crippen LogP contribution in [0.4, 0.5) is 5.69 Å². The number of aliphatic hydroxyl groups excluding tert-OH is 1. The van der Waals surface area contributed by atoms with Gasteiger partial charge in [0.15, 0.2) is 0 Å². The van der Waals surface area contributed by atoms with Crippen LogP contribution < -0.4 is 5.32 Å². The largest absolute Gasteiger partial charge is 0.396 e. The summed E-state index contributed by atoms with van der Waals surface area (Å²) in [6.07, 6.45) is 2.77. The minimum atomic E-state index is 0.239. The zero-order chi connectivity index (χ0) is 12.0. The minimum Gasteiger partial charge on any atom is -0.396 e. The number of benzene rings is 1. The highest BCUT2D eigenvalue weighted by Gasteiger charge is 2.06. The molecule has 0 heterocycles. The van der Waals surface area contributed by atoms with Crippen molar-refractivity contribution in [1.82, 2.24) is 0 Å². The van der Waals surface area contributed by atoms with Gasteiger partial charge in [-0.2, -0.15) is 0 Å². The number of hydrogen-bond donors (Lipinski definition) is 2. The number of anilines is 1. The SMILES string of the molecule is OCCCCCNc1c(Cl)cc(Cl)cc1Cl. The molecule has 0 spiro atoms. The molecule has 0 aliphatic carbocycles. The lowest BCUT2D eigenvalue weighted by Crippen LogP contribution is -2.03. The number of rotatable bonds is 6. The lowest BCUT2D eigenvalue weighted by Gasteiger charge is -2.10. The van der Waals surface area contributed by atoms with Gasteiger partial charge in [-0.1, -0.05) is 34.8 Å². The third-order valence-corrected chi connectivity index (χ3v) is 2.96. The van der Waals surface area contributed by atoms with Crippen LogP contribution in [0, 0.1) is 0 Å². The second kappa shape index (κ2) is 7.23. The monoisotopic (exact) mass is 281 g/mol. The van der Waals surface area contributed by atoms with E-state index in [2.05, 4.69) is 5.32 Å². The van der Waals surface area contributed by atoms with Gasteiger partial charge in [-0.3, -0.25) is 0 Å². The predicted octanol–water partition coefficient (Wildman–Crippen LogP) is 4.22. The van der Waals surface area contributed by atoms with Gasteiger partial charge in [0.2, 0.25) is 0 Å². The zero-order valence-electron chi connectivity index (χ0n) is 8.77. The molecule has 0 aromatic heterocycles. The highest BCUT2D eigenvalue weighted by Crippen LogP contribution is 2.33. The molecule has 0 aliphatic rings. The van der Waals surface area contributed by atoms with Crippen molar-refractivity contribution in [2.45, 2.75) is 19.3 Å². The molecular formula is C11H14Cl3NO. The minimum absolute atomic E-state index is 0.239. The molecule has 90 valence electrons. The number of aliphatic hydroxyl groups is 1. The Morgan fingerprint density at radius 1 is 1.00 bits per heavy atom. The number of hydrogen-bond acceptors (Lipinski definition) is 2. The smallest absolute Gasteiger partial charge is 0.0720 e. The van der Waals surface area contributed by atoms with Gasteiger partial charge >= 0.3 is 0 Å². The summed E-state index contributed by atoms with van der Waals surface area (Å²) in [4.78, 5) is 0. The number of halogens is 3. The van der Waals surface area contributed by atoms with E-state index in [0.29, 0.717) is 15.1 Å². The average Bonchev–Trinajstić information content (AvgIpc) is 2.20. The lowest BCUT2D eigenvalue weighted by molar-refractivity contribution is 0.283. The molecule has 5 heteroatoms. The summed E-state index contributed by atoms with van der Waals surface area (Å²) in [6.45, 7) is 1.02. The van der Waals surface area contributed by atoms with E-state index < -0.39 is 0 Å². The maximum absolute atomic E-state index is 8.62. The molecule has 0 atom stereocenters. The molecule has 1 aromatic carbocycles. The Kier molecular flexibility index (Phi) is 6.29. The van der Waals surface area contributed by atoms with Crippen molar-refractivity contribution in [2.24, 2.45) is 0 Å². The Balaban J connectivity index is 2.47. The van der Waals surface area contributed by atoms with Crippen molar-refractivity contribution in [1.29, 1.82) is 0 Å². The Labute approximate surface area is 111 Å². The Morgan fingerprint density at radius 2 is 1.62 bits per heavy atom. The third kappa shape index (κ3) is 4.38. The molecule has 0 fully saturated rings. The summed E-state index contributed by atoms with van der Waals surface area (Å²) in [5, 5.41) is 13.4. The maximum Gasteiger partial charge on any atom is 0.0720 e. The summed E-state index contributed by atoms with van der Waals surface area (Å²) in [5.74, 6) is 0. The average molecular weight is 283 g/mol. The van der Waals surface area contributed by atoms with Crippen LogP contribution in [0.1, 0.15) is 19.3 Å². The van der Waals surface area contributed by atoms with Crippen LogP contribution in [-0.2, 0) is 0 Å². The Hall–Kier alpha value is -0.150. The van der Waals surface area contributed by atoms with E-state index in [1.165, 1.54) is 0 Å². The Morgan fingerprint density at radius 3 is 2.19 bits per heavy atom. The topological polar surface area (TPSA) is 32.3 Å². The van der Waals surface area contributed by atoms with Crippen molar-refractivity contribution in [3.05, 3.63) is 27.2 Å². The lowest BCUT2D eigenvalue weighted by atomic mass is 10.2. The first-order valence-electron chi connectivity index (χ1n) is 5.14. The number of nitrogens with one attached hydrogen (secondary N) is 1. The second-order valence-electron chi connectivity index (χ2n) is 3.46. The second-order valence-corrected chi connectivity index (χ2v) is 4.71. The molecule has 2 nitrogen and oxygen atoms in total. The van der Waals surface area contributed by atoms with Gasteiger partial charge in [-0.25, -0.2) is 0 Å². The van der Waals surface area contributed by atoms with E-state index in [9.17, 15) is 0 Å². The first kappa shape index (κ1) is 13.9. The van der Waals surface area contributed by atoms with Gasteiger partial charge in [0.1, 0.15) is 0 Å². The fourth-order valence-electron chi connectivity index (χ4n) is 1.34. The summed E-state index contributed by atoms with van der Waals surface area (Å²) in [7, 11) is 0. The molecule has 0 amide bonds. The van der Waals surface area contributed by atoms with Crippen LogP contribution in [0.25, 0.3) is 0 Å². The van der Waals surface area contributed by atoms with E-state index in [-0.39, 0.29) is 6.61 Å². The molecule has 1 rings (SSSR count). The van der Waals surface area contributed by atoms with Gasteiger partial charge in [-0.15, -0.1) is 0 Å². The maximum atomic E-state index is 8.62. The number of unbranched alkanes of at least 4 members (excludes halogenated alkanes) is 2. The van der Waals surface area contributed by atoms with Crippen molar-refractivity contribution in [3.8, 4) is 0 Å². The summed E-state index contributed by atoms with van der Waals surface area (Å²) in [6, 6.07) is 3.32. The highest BCUT2D eigenvalue weighted by atomic mass is 35.5. The van der Waals surface area contributed by atoms with E-state index >= 15 is 0 Å². The van der Waals surface area contributed by atoms with Crippen molar-refractivity contribution < 1.29 is 5.11 Å². The van der Waals surface area contributed by atoms with Crippen LogP contribution in [0.3, 0.4) is 0 Å². The molecule has 0 bridgehead atoms. The van der Waals surface area contributed by atoms with Crippen LogP contribution in [0.5, 0.6) is 0 Å². The quantitative estimate of drug-likeness (QED) is 0.766. The van der Waals surface area contributed by atoms with E-state index in [1.54, 1.807) is 12.1 Å². The fraction of sp³-hybridized carbons (Fsp3) is 0.455. The summed E-state index contributed by atoms with van der Waals surface area (Å²) < 4.78 is 0. The predicted molar refractivity (Wildman–Crippen MR) is 70.9 cm³/mol. The Bertz CT molecular complexity index is 321. The van der Waals surface area contributed by atoms with E-state index in [1.807, 2.05) is 0 Å². The molecule has 0 saturated heterocycles. The van der Waals surface area contributed by atoms with Gasteiger partial charge in [0.25, 0.3) is 0 Å². The molecule has 0 unspecified atom stereocenters. The molecule has 1 aromatic rings. The standard InChI is InChI=1S/C11H14Cl3NO/c12-8-6-9(13)11(10(14)7-8)15-4-2-1-3-5-16/h6-7,15-16H,1-5H2. The zero-order valence-corrected chi connectivity index (χ0v) is 11.0. The van der Waals surface area contributed by atoms with E-state index in [4.69, 9.17) is 39.9 Å². The van der Waals surface area contributed by atoms with Crippen LogP contribution in [-0.4, -0.2) is 18.3 Å². The molecule has 0 saturated carbocycles. The van der Waals surface area contributed by atoms with Gasteiger partial charge in [0, 0.05) is 18.2 Å². The normalized spacial score (nSPS) is 10.5. The highest BCUT2D eigenvalue weighted by molar-refractivity contribution is 6.41. The molecule has 16 heavy (non-hydrogen) atoms. The van der Waals surface area contributed by atoms with Crippen molar-refractivity contribution >= 4 is 40.5 Å². The first-order valence-corrected chi connectivity index (χ1v) is 6.28. The van der Waals surface area contributed by atoms with E-state index in [0.717, 1.165) is 31.5 Å². The molecule has 0 radical (unpaired) electrons. The van der Waals surface area contributed by atoms with Crippen molar-refractivity contribution in [3.63, 3.8) is 0 Å². The third-order valence-electron chi connectivity index (χ3n) is 2.14. The molecule has 2 N–H and O–H groups in total. The summed E-state index contributed by atoms with van der Waals surface area (Å²) in [5.41, 5.74) is 0.719. The fourth-order valence-corrected chi connectivity index (χ4v) is 2.29. The van der Waals surface area contributed by atoms with Crippen LogP contribution in [0.15, 0.2) is 12.1 Å². The van der Waals surface area contributed by atoms with Gasteiger partial charge in [0.05, 0.1) is 15.7 Å². The van der Waals surface area contributed by atoms with Crippen LogP contribution in [0.2, 0.25) is 15.1 Å². The first-order chi connectivity index (χ1) is 7.65. The van der Waals surface area contributed by atoms with Gasteiger partial charge in [-0.05, 0) is 31.4 Å². The van der Waals surface area contributed by atoms with Crippen LogP contribution >= 0.6 is 34.8 Å². The summed E-state index contributed by atoms with van der Waals surface area (Å²) >= 11 is 17.8. The molecule has 0 aliphatic heterocycles. The molecular weight excluding hydrogens is 268 g/mol. The van der Waals surface area contributed by atoms with Gasteiger partial charge < -0.3 is 10.4 Å².